The van der Waals surface area contributed by atoms with Gasteiger partial charge in [0.2, 0.25) is 0 Å². The second-order valence-corrected chi connectivity index (χ2v) is 7.28. The van der Waals surface area contributed by atoms with Gasteiger partial charge in [-0.3, -0.25) is 19.4 Å². The van der Waals surface area contributed by atoms with E-state index in [1.807, 2.05) is 31.6 Å². The standard InChI is InChI=1S/C20H31N5O/c1-13(2)25(14(3)4)11-10-22-20(26)17-8-9-21-18(12-17)19-15(5)23-24(7)16(19)6/h8-9,12-14H,10-11H2,1-7H3,(H,22,26). The maximum atomic E-state index is 12.5. The number of carbonyl (C=O) groups is 1. The SMILES string of the molecule is Cc1nn(C)c(C)c1-c1cc(C(=O)NCCN(C(C)C)C(C)C)ccn1. The Labute approximate surface area is 156 Å². The average Bonchev–Trinajstić information content (AvgIpc) is 2.83. The molecule has 2 aromatic heterocycles. The number of aromatic nitrogens is 3. The fraction of sp³-hybridized carbons (Fsp3) is 0.550. The van der Waals surface area contributed by atoms with Crippen molar-refractivity contribution in [1.82, 2.24) is 25.0 Å². The van der Waals surface area contributed by atoms with Crippen LogP contribution in [0.1, 0.15) is 49.4 Å². The number of aryl methyl sites for hydroxylation is 2. The molecule has 1 amide bonds. The van der Waals surface area contributed by atoms with Crippen molar-refractivity contribution < 1.29 is 4.79 Å². The smallest absolute Gasteiger partial charge is 0.251 e. The minimum Gasteiger partial charge on any atom is -0.351 e. The number of nitrogens with one attached hydrogen (secondary N) is 1. The molecule has 0 radical (unpaired) electrons. The van der Waals surface area contributed by atoms with E-state index < -0.39 is 0 Å². The van der Waals surface area contributed by atoms with Crippen LogP contribution in [-0.4, -0.2) is 50.7 Å². The van der Waals surface area contributed by atoms with Gasteiger partial charge in [-0.05, 0) is 53.7 Å². The number of hydrogen-bond donors (Lipinski definition) is 1. The highest BCUT2D eigenvalue weighted by Crippen LogP contribution is 2.25. The van der Waals surface area contributed by atoms with Crippen LogP contribution in [-0.2, 0) is 7.05 Å². The third kappa shape index (κ3) is 4.49. The third-order valence-corrected chi connectivity index (χ3v) is 4.77. The van der Waals surface area contributed by atoms with E-state index in [0.717, 1.165) is 29.2 Å². The zero-order valence-corrected chi connectivity index (χ0v) is 17.0. The molecule has 142 valence electrons. The highest BCUT2D eigenvalue weighted by atomic mass is 16.1. The number of hydrogen-bond acceptors (Lipinski definition) is 4. The largest absolute Gasteiger partial charge is 0.351 e. The van der Waals surface area contributed by atoms with Crippen molar-refractivity contribution in [1.29, 1.82) is 0 Å². The van der Waals surface area contributed by atoms with E-state index in [-0.39, 0.29) is 5.91 Å². The van der Waals surface area contributed by atoms with Crippen LogP contribution in [0.15, 0.2) is 18.3 Å². The number of nitrogens with zero attached hydrogens (tertiary/aromatic N) is 4. The van der Waals surface area contributed by atoms with E-state index in [0.29, 0.717) is 24.2 Å². The first kappa shape index (κ1) is 20.1. The molecule has 2 heterocycles. The molecule has 6 heteroatoms. The first-order chi connectivity index (χ1) is 12.2. The fourth-order valence-corrected chi connectivity index (χ4v) is 3.37. The Balaban J connectivity index is 2.09. The van der Waals surface area contributed by atoms with E-state index in [1.54, 1.807) is 12.3 Å². The van der Waals surface area contributed by atoms with E-state index in [1.165, 1.54) is 0 Å². The summed E-state index contributed by atoms with van der Waals surface area (Å²) in [5.74, 6) is -0.0692. The minimum atomic E-state index is -0.0692. The lowest BCUT2D eigenvalue weighted by Crippen LogP contribution is -2.42. The van der Waals surface area contributed by atoms with Crippen LogP contribution < -0.4 is 5.32 Å². The van der Waals surface area contributed by atoms with Crippen molar-refractivity contribution in [3.05, 3.63) is 35.3 Å². The Morgan fingerprint density at radius 3 is 2.42 bits per heavy atom. The predicted octanol–water partition coefficient (Wildman–Crippen LogP) is 2.95. The van der Waals surface area contributed by atoms with Crippen molar-refractivity contribution in [2.24, 2.45) is 7.05 Å². The summed E-state index contributed by atoms with van der Waals surface area (Å²) in [5.41, 5.74) is 4.36. The minimum absolute atomic E-state index is 0.0692. The highest BCUT2D eigenvalue weighted by molar-refractivity contribution is 5.95. The molecule has 0 unspecified atom stereocenters. The summed E-state index contributed by atoms with van der Waals surface area (Å²) in [5, 5.41) is 7.46. The maximum Gasteiger partial charge on any atom is 0.251 e. The first-order valence-corrected chi connectivity index (χ1v) is 9.23. The molecule has 1 N–H and O–H groups in total. The third-order valence-electron chi connectivity index (χ3n) is 4.77. The van der Waals surface area contributed by atoms with Crippen LogP contribution in [0.25, 0.3) is 11.3 Å². The van der Waals surface area contributed by atoms with E-state index in [9.17, 15) is 4.79 Å². The Bertz CT molecular complexity index is 756. The van der Waals surface area contributed by atoms with Crippen molar-refractivity contribution in [3.8, 4) is 11.3 Å². The summed E-state index contributed by atoms with van der Waals surface area (Å²) in [7, 11) is 1.91. The monoisotopic (exact) mass is 357 g/mol. The number of pyridine rings is 1. The molecule has 26 heavy (non-hydrogen) atoms. The van der Waals surface area contributed by atoms with Crippen LogP contribution in [0.2, 0.25) is 0 Å². The molecule has 2 aromatic rings. The van der Waals surface area contributed by atoms with Crippen molar-refractivity contribution >= 4 is 5.91 Å². The molecule has 0 saturated carbocycles. The molecular formula is C20H31N5O. The normalized spacial score (nSPS) is 11.6. The van der Waals surface area contributed by atoms with Crippen LogP contribution in [0, 0.1) is 13.8 Å². The molecule has 0 aliphatic carbocycles. The van der Waals surface area contributed by atoms with Crippen molar-refractivity contribution in [2.45, 2.75) is 53.6 Å². The van der Waals surface area contributed by atoms with Gasteiger partial charge in [-0.15, -0.1) is 0 Å². The van der Waals surface area contributed by atoms with Gasteiger partial charge in [-0.25, -0.2) is 0 Å². The summed E-state index contributed by atoms with van der Waals surface area (Å²) < 4.78 is 1.84. The molecule has 6 nitrogen and oxygen atoms in total. The predicted molar refractivity (Wildman–Crippen MR) is 105 cm³/mol. The molecule has 2 rings (SSSR count). The van der Waals surface area contributed by atoms with E-state index in [2.05, 4.69) is 48.0 Å². The lowest BCUT2D eigenvalue weighted by Gasteiger charge is -2.30. The van der Waals surface area contributed by atoms with Gasteiger partial charge < -0.3 is 5.32 Å². The molecular weight excluding hydrogens is 326 g/mol. The lowest BCUT2D eigenvalue weighted by molar-refractivity contribution is 0.0939. The van der Waals surface area contributed by atoms with Gasteiger partial charge in [-0.2, -0.15) is 5.10 Å². The molecule has 0 aromatic carbocycles. The summed E-state index contributed by atoms with van der Waals surface area (Å²) in [6, 6.07) is 4.50. The summed E-state index contributed by atoms with van der Waals surface area (Å²) in [4.78, 5) is 19.3. The topological polar surface area (TPSA) is 63.1 Å². The maximum absolute atomic E-state index is 12.5. The fourth-order valence-electron chi connectivity index (χ4n) is 3.37. The Morgan fingerprint density at radius 1 is 1.23 bits per heavy atom. The van der Waals surface area contributed by atoms with E-state index >= 15 is 0 Å². The van der Waals surface area contributed by atoms with Gasteiger partial charge >= 0.3 is 0 Å². The van der Waals surface area contributed by atoms with Gasteiger partial charge in [0.1, 0.15) is 0 Å². The van der Waals surface area contributed by atoms with Gasteiger partial charge in [-0.1, -0.05) is 0 Å². The van der Waals surface area contributed by atoms with Crippen LogP contribution in [0.3, 0.4) is 0 Å². The summed E-state index contributed by atoms with van der Waals surface area (Å²) in [6.07, 6.45) is 1.69. The average molecular weight is 358 g/mol. The zero-order valence-electron chi connectivity index (χ0n) is 17.0. The number of rotatable bonds is 7. The van der Waals surface area contributed by atoms with Gasteiger partial charge in [0, 0.05) is 55.2 Å². The zero-order chi connectivity index (χ0) is 19.4. The molecule has 0 aliphatic rings. The first-order valence-electron chi connectivity index (χ1n) is 9.23. The van der Waals surface area contributed by atoms with E-state index in [4.69, 9.17) is 0 Å². The molecule has 0 atom stereocenters. The van der Waals surface area contributed by atoms with Crippen LogP contribution in [0.5, 0.6) is 0 Å². The highest BCUT2D eigenvalue weighted by Gasteiger charge is 2.16. The van der Waals surface area contributed by atoms with Gasteiger partial charge in [0.25, 0.3) is 5.91 Å². The Morgan fingerprint density at radius 2 is 1.88 bits per heavy atom. The number of amides is 1. The van der Waals surface area contributed by atoms with Crippen LogP contribution >= 0.6 is 0 Å². The Kier molecular flexibility index (Phi) is 6.53. The molecule has 0 fully saturated rings. The molecule has 0 aliphatic heterocycles. The Hall–Kier alpha value is -2.21. The van der Waals surface area contributed by atoms with Gasteiger partial charge in [0.05, 0.1) is 11.4 Å². The lowest BCUT2D eigenvalue weighted by atomic mass is 10.1. The molecule has 0 bridgehead atoms. The molecule has 0 spiro atoms. The number of carbonyl (C=O) groups excluding carboxylic acids is 1. The summed E-state index contributed by atoms with van der Waals surface area (Å²) in [6.45, 7) is 14.1. The molecule has 0 saturated heterocycles. The summed E-state index contributed by atoms with van der Waals surface area (Å²) >= 11 is 0. The van der Waals surface area contributed by atoms with Crippen molar-refractivity contribution in [2.75, 3.05) is 13.1 Å². The van der Waals surface area contributed by atoms with Crippen LogP contribution in [0.4, 0.5) is 0 Å². The second-order valence-electron chi connectivity index (χ2n) is 7.28. The van der Waals surface area contributed by atoms with Gasteiger partial charge in [0.15, 0.2) is 0 Å². The second kappa shape index (κ2) is 8.45. The van der Waals surface area contributed by atoms with Crippen molar-refractivity contribution in [3.63, 3.8) is 0 Å². The quantitative estimate of drug-likeness (QED) is 0.827.